The summed E-state index contributed by atoms with van der Waals surface area (Å²) in [6.45, 7) is 3.33. The zero-order chi connectivity index (χ0) is 15.0. The lowest BCUT2D eigenvalue weighted by Gasteiger charge is -2.18. The summed E-state index contributed by atoms with van der Waals surface area (Å²) in [4.78, 5) is 27.9. The Morgan fingerprint density at radius 1 is 1.24 bits per heavy atom. The van der Waals surface area contributed by atoms with E-state index in [2.05, 4.69) is 17.6 Å². The lowest BCUT2D eigenvalue weighted by atomic mass is 9.89. The molecule has 0 aliphatic heterocycles. The predicted octanol–water partition coefficient (Wildman–Crippen LogP) is 2.84. The van der Waals surface area contributed by atoms with E-state index in [1.807, 2.05) is 25.1 Å². The van der Waals surface area contributed by atoms with Crippen molar-refractivity contribution in [3.63, 3.8) is 0 Å². The van der Waals surface area contributed by atoms with Crippen molar-refractivity contribution in [1.82, 2.24) is 5.48 Å². The van der Waals surface area contributed by atoms with Crippen molar-refractivity contribution in [3.8, 4) is 0 Å². The van der Waals surface area contributed by atoms with E-state index in [1.165, 1.54) is 12.5 Å². The Morgan fingerprint density at radius 2 is 2.05 bits per heavy atom. The molecule has 0 unspecified atom stereocenters. The van der Waals surface area contributed by atoms with Crippen molar-refractivity contribution in [2.75, 3.05) is 0 Å². The number of hydroxylamine groups is 1. The molecular formula is C17H15NO3. The molecule has 1 aliphatic rings. The summed E-state index contributed by atoms with van der Waals surface area (Å²) < 4.78 is 0. The van der Waals surface area contributed by atoms with Crippen LogP contribution in [-0.2, 0) is 16.1 Å². The molecule has 1 N–H and O–H groups in total. The molecule has 0 amide bonds. The lowest BCUT2D eigenvalue weighted by Crippen LogP contribution is -2.26. The molecule has 0 saturated carbocycles. The smallest absolute Gasteiger partial charge is 0.329 e. The average Bonchev–Trinajstić information content (AvgIpc) is 2.45. The normalized spacial score (nSPS) is 13.6. The van der Waals surface area contributed by atoms with Crippen LogP contribution < -0.4 is 5.48 Å². The van der Waals surface area contributed by atoms with Gasteiger partial charge in [-0.3, -0.25) is 9.59 Å². The van der Waals surface area contributed by atoms with Gasteiger partial charge in [0.25, 0.3) is 0 Å². The molecule has 4 nitrogen and oxygen atoms in total. The van der Waals surface area contributed by atoms with E-state index in [-0.39, 0.29) is 5.78 Å². The minimum absolute atomic E-state index is 0.153. The van der Waals surface area contributed by atoms with E-state index >= 15 is 0 Å². The van der Waals surface area contributed by atoms with Crippen LogP contribution in [0.2, 0.25) is 0 Å². The number of nitrogens with one attached hydrogen (secondary N) is 1. The summed E-state index contributed by atoms with van der Waals surface area (Å²) in [5, 5.41) is 2.22. The number of hydrogen-bond donors (Lipinski definition) is 1. The van der Waals surface area contributed by atoms with Crippen LogP contribution in [0.3, 0.4) is 0 Å². The van der Waals surface area contributed by atoms with Gasteiger partial charge in [0.1, 0.15) is 5.70 Å². The molecule has 21 heavy (non-hydrogen) atoms. The SMILES string of the molecule is CC(=O)ONC1=CCc2c(ccc3cc(C)ccc23)C1=O. The Kier molecular flexibility index (Phi) is 3.22. The second kappa shape index (κ2) is 5.05. The highest BCUT2D eigenvalue weighted by Gasteiger charge is 2.22. The van der Waals surface area contributed by atoms with Gasteiger partial charge in [-0.05, 0) is 35.8 Å². The maximum absolute atomic E-state index is 12.4. The number of rotatable bonds is 2. The highest BCUT2D eigenvalue weighted by atomic mass is 16.7. The number of Topliss-reactive ketones (excluding diaryl/α,β-unsaturated/α-hetero) is 1. The summed E-state index contributed by atoms with van der Waals surface area (Å²) in [6, 6.07) is 9.99. The van der Waals surface area contributed by atoms with E-state index in [0.29, 0.717) is 17.7 Å². The summed E-state index contributed by atoms with van der Waals surface area (Å²) in [5.74, 6) is -0.636. The van der Waals surface area contributed by atoms with Gasteiger partial charge in [0.05, 0.1) is 0 Å². The molecule has 0 saturated heterocycles. The van der Waals surface area contributed by atoms with Crippen molar-refractivity contribution in [2.24, 2.45) is 0 Å². The predicted molar refractivity (Wildman–Crippen MR) is 79.7 cm³/mol. The van der Waals surface area contributed by atoms with Crippen molar-refractivity contribution < 1.29 is 14.4 Å². The number of fused-ring (bicyclic) bond motifs is 3. The number of benzene rings is 2. The van der Waals surface area contributed by atoms with Crippen molar-refractivity contribution >= 4 is 22.5 Å². The van der Waals surface area contributed by atoms with Gasteiger partial charge >= 0.3 is 5.97 Å². The van der Waals surface area contributed by atoms with E-state index in [9.17, 15) is 9.59 Å². The van der Waals surface area contributed by atoms with Crippen LogP contribution in [-0.4, -0.2) is 11.8 Å². The quantitative estimate of drug-likeness (QED) is 0.860. The summed E-state index contributed by atoms with van der Waals surface area (Å²) in [5.41, 5.74) is 5.61. The van der Waals surface area contributed by atoms with Gasteiger partial charge in [-0.2, -0.15) is 0 Å². The number of carbonyl (C=O) groups is 2. The standard InChI is InChI=1S/C17H15NO3/c1-10-3-5-13-12(9-10)4-6-15-14(13)7-8-16(17(15)20)18-21-11(2)19/h3-6,8-9,18H,7H2,1-2H3. The third-order valence-electron chi connectivity index (χ3n) is 3.59. The Bertz CT molecular complexity index is 790. The van der Waals surface area contributed by atoms with Crippen LogP contribution >= 0.6 is 0 Å². The molecule has 3 rings (SSSR count). The van der Waals surface area contributed by atoms with Crippen LogP contribution in [0, 0.1) is 6.92 Å². The third-order valence-corrected chi connectivity index (χ3v) is 3.59. The van der Waals surface area contributed by atoms with Crippen molar-refractivity contribution in [3.05, 3.63) is 58.8 Å². The molecule has 0 bridgehead atoms. The van der Waals surface area contributed by atoms with Gasteiger partial charge in [-0.15, -0.1) is 0 Å². The molecule has 0 fully saturated rings. The fraction of sp³-hybridized carbons (Fsp3) is 0.176. The zero-order valence-electron chi connectivity index (χ0n) is 11.9. The van der Waals surface area contributed by atoms with Gasteiger partial charge in [0.15, 0.2) is 0 Å². The Morgan fingerprint density at radius 3 is 2.81 bits per heavy atom. The highest BCUT2D eigenvalue weighted by molar-refractivity contribution is 6.13. The van der Waals surface area contributed by atoms with Crippen LogP contribution in [0.1, 0.15) is 28.4 Å². The largest absolute Gasteiger partial charge is 0.344 e. The van der Waals surface area contributed by atoms with Crippen molar-refractivity contribution in [1.29, 1.82) is 0 Å². The Hall–Kier alpha value is -2.62. The summed E-state index contributed by atoms with van der Waals surface area (Å²) >= 11 is 0. The van der Waals surface area contributed by atoms with Crippen LogP contribution in [0.15, 0.2) is 42.1 Å². The van der Waals surface area contributed by atoms with Gasteiger partial charge in [-0.1, -0.05) is 35.9 Å². The summed E-state index contributed by atoms with van der Waals surface area (Å²) in [7, 11) is 0. The third kappa shape index (κ3) is 2.40. The number of allylic oxidation sites excluding steroid dienone is 2. The molecule has 2 aromatic rings. The first-order valence-corrected chi connectivity index (χ1v) is 6.77. The lowest BCUT2D eigenvalue weighted by molar-refractivity contribution is -0.146. The first-order chi connectivity index (χ1) is 10.1. The van der Waals surface area contributed by atoms with Gasteiger partial charge in [0, 0.05) is 12.5 Å². The van der Waals surface area contributed by atoms with Gasteiger partial charge < -0.3 is 4.84 Å². The van der Waals surface area contributed by atoms with Gasteiger partial charge in [-0.25, -0.2) is 5.48 Å². The fourth-order valence-electron chi connectivity index (χ4n) is 2.60. The number of carbonyl (C=O) groups excluding carboxylic acids is 2. The van der Waals surface area contributed by atoms with Crippen LogP contribution in [0.25, 0.3) is 10.8 Å². The fourth-order valence-corrected chi connectivity index (χ4v) is 2.60. The molecule has 4 heteroatoms. The first-order valence-electron chi connectivity index (χ1n) is 6.77. The maximum atomic E-state index is 12.4. The number of aryl methyl sites for hydroxylation is 1. The minimum atomic E-state index is -0.483. The molecule has 0 spiro atoms. The van der Waals surface area contributed by atoms with E-state index in [1.54, 1.807) is 6.08 Å². The van der Waals surface area contributed by atoms with Crippen LogP contribution in [0.4, 0.5) is 0 Å². The molecule has 0 radical (unpaired) electrons. The monoisotopic (exact) mass is 281 g/mol. The first kappa shape index (κ1) is 13.4. The van der Waals surface area contributed by atoms with E-state index in [4.69, 9.17) is 4.84 Å². The molecular weight excluding hydrogens is 266 g/mol. The molecule has 2 aromatic carbocycles. The Labute approximate surface area is 122 Å². The second-order valence-electron chi connectivity index (χ2n) is 5.16. The number of hydrogen-bond acceptors (Lipinski definition) is 4. The zero-order valence-corrected chi connectivity index (χ0v) is 11.9. The summed E-state index contributed by atoms with van der Waals surface area (Å²) in [6.07, 6.45) is 2.39. The molecule has 106 valence electrons. The van der Waals surface area contributed by atoms with Gasteiger partial charge in [0.2, 0.25) is 5.78 Å². The minimum Gasteiger partial charge on any atom is -0.344 e. The highest BCUT2D eigenvalue weighted by Crippen LogP contribution is 2.28. The molecule has 1 aliphatic carbocycles. The number of ketones is 1. The molecule has 0 heterocycles. The van der Waals surface area contributed by atoms with Crippen LogP contribution in [0.5, 0.6) is 0 Å². The van der Waals surface area contributed by atoms with E-state index in [0.717, 1.165) is 16.3 Å². The van der Waals surface area contributed by atoms with Crippen molar-refractivity contribution in [2.45, 2.75) is 20.3 Å². The maximum Gasteiger partial charge on any atom is 0.329 e. The average molecular weight is 281 g/mol. The van der Waals surface area contributed by atoms with E-state index < -0.39 is 5.97 Å². The molecule has 0 atom stereocenters. The topological polar surface area (TPSA) is 55.4 Å². The Balaban J connectivity index is 2.01. The molecule has 0 aromatic heterocycles. The second-order valence-corrected chi connectivity index (χ2v) is 5.16.